The van der Waals surface area contributed by atoms with Gasteiger partial charge in [-0.2, -0.15) is 5.10 Å². The van der Waals surface area contributed by atoms with Crippen LogP contribution >= 0.6 is 0 Å². The lowest BCUT2D eigenvalue weighted by molar-refractivity contribution is -0.115. The molecular formula is C11H13N3O. The number of hydrogen-bond donors (Lipinski definition) is 1. The van der Waals surface area contributed by atoms with Crippen LogP contribution in [0, 0.1) is 5.41 Å². The van der Waals surface area contributed by atoms with Gasteiger partial charge in [0.15, 0.2) is 5.78 Å². The molecule has 1 N–H and O–H groups in total. The third kappa shape index (κ3) is 1.36. The summed E-state index contributed by atoms with van der Waals surface area (Å²) in [5.41, 5.74) is 1.58. The largest absolute Gasteiger partial charge is 0.317 e. The summed E-state index contributed by atoms with van der Waals surface area (Å²) < 4.78 is 0. The summed E-state index contributed by atoms with van der Waals surface area (Å²) in [5, 5.41) is 11.0. The molecule has 2 heterocycles. The predicted molar refractivity (Wildman–Crippen MR) is 58.2 cm³/mol. The van der Waals surface area contributed by atoms with E-state index in [4.69, 9.17) is 0 Å². The van der Waals surface area contributed by atoms with Crippen molar-refractivity contribution in [3.63, 3.8) is 0 Å². The van der Waals surface area contributed by atoms with E-state index >= 15 is 0 Å². The number of carbonyl (C=O) groups is 1. The number of nitrogens with one attached hydrogen (secondary N) is 1. The van der Waals surface area contributed by atoms with Crippen LogP contribution in [0.5, 0.6) is 0 Å². The molecule has 0 aromatic heterocycles. The number of rotatable bonds is 0. The highest BCUT2D eigenvalue weighted by atomic mass is 16.1. The molecule has 2 aliphatic heterocycles. The third-order valence-corrected chi connectivity index (χ3v) is 3.47. The quantitative estimate of drug-likeness (QED) is 0.630. The van der Waals surface area contributed by atoms with Gasteiger partial charge in [-0.15, -0.1) is 5.10 Å². The van der Waals surface area contributed by atoms with E-state index in [1.807, 2.05) is 0 Å². The molecule has 0 unspecified atom stereocenters. The topological polar surface area (TPSA) is 53.8 Å². The number of carbonyl (C=O) groups excluding carboxylic acids is 1. The van der Waals surface area contributed by atoms with Crippen molar-refractivity contribution in [1.29, 1.82) is 0 Å². The molecule has 1 fully saturated rings. The van der Waals surface area contributed by atoms with Crippen LogP contribution in [0.3, 0.4) is 0 Å². The monoisotopic (exact) mass is 203 g/mol. The van der Waals surface area contributed by atoms with E-state index in [9.17, 15) is 4.79 Å². The van der Waals surface area contributed by atoms with E-state index < -0.39 is 0 Å². The Labute approximate surface area is 88.2 Å². The number of ketones is 1. The van der Waals surface area contributed by atoms with Crippen molar-refractivity contribution in [3.8, 4) is 0 Å². The highest BCUT2D eigenvalue weighted by molar-refractivity contribution is 6.52. The molecule has 1 saturated heterocycles. The average molecular weight is 203 g/mol. The Balaban J connectivity index is 1.99. The Morgan fingerprint density at radius 1 is 1.33 bits per heavy atom. The van der Waals surface area contributed by atoms with E-state index in [1.54, 1.807) is 6.21 Å². The Morgan fingerprint density at radius 3 is 2.93 bits per heavy atom. The summed E-state index contributed by atoms with van der Waals surface area (Å²) >= 11 is 0. The smallest absolute Gasteiger partial charge is 0.184 e. The molecule has 4 heteroatoms. The molecule has 15 heavy (non-hydrogen) atoms. The van der Waals surface area contributed by atoms with Crippen LogP contribution in [0.15, 0.2) is 21.9 Å². The van der Waals surface area contributed by atoms with Crippen molar-refractivity contribution >= 4 is 17.7 Å². The van der Waals surface area contributed by atoms with Gasteiger partial charge in [-0.05, 0) is 31.3 Å². The van der Waals surface area contributed by atoms with Crippen LogP contribution in [-0.4, -0.2) is 30.8 Å². The van der Waals surface area contributed by atoms with Crippen molar-refractivity contribution in [1.82, 2.24) is 5.32 Å². The maximum absolute atomic E-state index is 11.9. The zero-order valence-corrected chi connectivity index (χ0v) is 8.49. The summed E-state index contributed by atoms with van der Waals surface area (Å²) in [5.74, 6) is 0.159. The number of nitrogens with zero attached hydrogens (tertiary/aromatic N) is 2. The van der Waals surface area contributed by atoms with Crippen LogP contribution in [0.2, 0.25) is 0 Å². The highest BCUT2D eigenvalue weighted by Gasteiger charge is 2.39. The minimum absolute atomic E-state index is 0.0764. The Kier molecular flexibility index (Phi) is 1.85. The van der Waals surface area contributed by atoms with E-state index in [0.717, 1.165) is 31.5 Å². The lowest BCUT2D eigenvalue weighted by Crippen LogP contribution is -2.41. The van der Waals surface area contributed by atoms with Gasteiger partial charge in [0.25, 0.3) is 0 Å². The molecule has 0 atom stereocenters. The number of hydrogen-bond acceptors (Lipinski definition) is 4. The molecule has 3 rings (SSSR count). The van der Waals surface area contributed by atoms with Crippen LogP contribution < -0.4 is 5.32 Å². The van der Waals surface area contributed by atoms with Crippen LogP contribution in [0.1, 0.15) is 19.3 Å². The van der Waals surface area contributed by atoms with Gasteiger partial charge in [0.05, 0.1) is 6.21 Å². The van der Waals surface area contributed by atoms with Crippen LogP contribution in [0.4, 0.5) is 0 Å². The van der Waals surface area contributed by atoms with Crippen molar-refractivity contribution in [2.24, 2.45) is 15.6 Å². The molecule has 3 aliphatic rings. The fourth-order valence-corrected chi connectivity index (χ4v) is 2.62. The fourth-order valence-electron chi connectivity index (χ4n) is 2.62. The molecular weight excluding hydrogens is 190 g/mol. The second-order valence-electron chi connectivity index (χ2n) is 4.51. The second-order valence-corrected chi connectivity index (χ2v) is 4.51. The first-order chi connectivity index (χ1) is 7.29. The summed E-state index contributed by atoms with van der Waals surface area (Å²) in [6.07, 6.45) is 6.62. The summed E-state index contributed by atoms with van der Waals surface area (Å²) in [7, 11) is 0. The highest BCUT2D eigenvalue weighted by Crippen LogP contribution is 2.39. The van der Waals surface area contributed by atoms with Gasteiger partial charge in [0.1, 0.15) is 5.71 Å². The van der Waals surface area contributed by atoms with Crippen molar-refractivity contribution in [2.45, 2.75) is 19.3 Å². The molecule has 0 aromatic carbocycles. The molecule has 1 aliphatic carbocycles. The summed E-state index contributed by atoms with van der Waals surface area (Å²) in [6.45, 7) is 2.00. The average Bonchev–Trinajstić information content (AvgIpc) is 2.67. The lowest BCUT2D eigenvalue weighted by Gasteiger charge is -2.37. The van der Waals surface area contributed by atoms with Crippen LogP contribution in [0.25, 0.3) is 0 Å². The fraction of sp³-hybridized carbons (Fsp3) is 0.545. The third-order valence-electron chi connectivity index (χ3n) is 3.47. The molecule has 0 saturated carbocycles. The molecule has 0 radical (unpaired) electrons. The van der Waals surface area contributed by atoms with Gasteiger partial charge in [-0.3, -0.25) is 4.79 Å². The van der Waals surface area contributed by atoms with E-state index in [2.05, 4.69) is 21.6 Å². The first kappa shape index (κ1) is 8.97. The Hall–Kier alpha value is -1.29. The van der Waals surface area contributed by atoms with Gasteiger partial charge < -0.3 is 5.32 Å². The molecule has 78 valence electrons. The second kappa shape index (κ2) is 3.10. The Morgan fingerprint density at radius 2 is 2.13 bits per heavy atom. The van der Waals surface area contributed by atoms with E-state index in [-0.39, 0.29) is 11.2 Å². The van der Waals surface area contributed by atoms with Gasteiger partial charge in [0, 0.05) is 12.0 Å². The zero-order valence-electron chi connectivity index (χ0n) is 8.49. The van der Waals surface area contributed by atoms with Crippen molar-refractivity contribution in [3.05, 3.63) is 11.6 Å². The molecule has 0 aromatic rings. The number of fused-ring (bicyclic) bond motifs is 1. The maximum Gasteiger partial charge on any atom is 0.184 e. The number of Topliss-reactive ketones (excluding diaryl/α,β-unsaturated/α-hetero) is 1. The predicted octanol–water partition coefficient (Wildman–Crippen LogP) is 0.696. The van der Waals surface area contributed by atoms with E-state index in [1.165, 1.54) is 0 Å². The lowest BCUT2D eigenvalue weighted by atomic mass is 9.70. The number of piperidine rings is 1. The van der Waals surface area contributed by atoms with E-state index in [0.29, 0.717) is 12.1 Å². The minimum Gasteiger partial charge on any atom is -0.317 e. The van der Waals surface area contributed by atoms with Crippen molar-refractivity contribution in [2.75, 3.05) is 13.1 Å². The summed E-state index contributed by atoms with van der Waals surface area (Å²) in [6, 6.07) is 0. The van der Waals surface area contributed by atoms with Gasteiger partial charge >= 0.3 is 0 Å². The van der Waals surface area contributed by atoms with Gasteiger partial charge in [-0.25, -0.2) is 0 Å². The standard InChI is InChI=1S/C11H13N3O/c15-9-6-11(1-3-12-4-2-11)5-8-7-13-14-10(8)9/h5,7,12H,1-4,6H2. The number of allylic oxidation sites excluding steroid dienone is 2. The van der Waals surface area contributed by atoms with Crippen molar-refractivity contribution < 1.29 is 4.79 Å². The normalized spacial score (nSPS) is 27.6. The molecule has 1 spiro atoms. The minimum atomic E-state index is 0.0764. The molecule has 0 bridgehead atoms. The zero-order chi connectivity index (χ0) is 10.3. The first-order valence-electron chi connectivity index (χ1n) is 5.37. The maximum atomic E-state index is 11.9. The summed E-state index contributed by atoms with van der Waals surface area (Å²) in [4.78, 5) is 11.9. The SMILES string of the molecule is O=C1CC2(C=C3C=NN=C13)CCNCC2. The molecule has 4 nitrogen and oxygen atoms in total. The Bertz CT molecular complexity index is 400. The van der Waals surface area contributed by atoms with Gasteiger partial charge in [0.2, 0.25) is 0 Å². The first-order valence-corrected chi connectivity index (χ1v) is 5.37. The van der Waals surface area contributed by atoms with Crippen LogP contribution in [-0.2, 0) is 4.79 Å². The molecule has 0 amide bonds. The van der Waals surface area contributed by atoms with Gasteiger partial charge in [-0.1, -0.05) is 6.08 Å².